The van der Waals surface area contributed by atoms with E-state index in [1.807, 2.05) is 12.3 Å². The zero-order valence-corrected chi connectivity index (χ0v) is 10.6. The Labute approximate surface area is 105 Å². The second kappa shape index (κ2) is 4.53. The lowest BCUT2D eigenvalue weighted by molar-refractivity contribution is 0.330. The molecule has 2 aromatic rings. The third-order valence-electron chi connectivity index (χ3n) is 3.46. The van der Waals surface area contributed by atoms with Crippen molar-refractivity contribution in [1.82, 2.24) is 9.78 Å². The van der Waals surface area contributed by atoms with Crippen LogP contribution < -0.4 is 5.73 Å². The van der Waals surface area contributed by atoms with Gasteiger partial charge in [0.15, 0.2) is 0 Å². The van der Waals surface area contributed by atoms with Crippen LogP contribution >= 0.6 is 11.3 Å². The summed E-state index contributed by atoms with van der Waals surface area (Å²) >= 11 is 1.69. The summed E-state index contributed by atoms with van der Waals surface area (Å²) in [6.45, 7) is 0. The largest absolute Gasteiger partial charge is 0.396 e. The van der Waals surface area contributed by atoms with Crippen molar-refractivity contribution in [3.8, 4) is 10.6 Å². The van der Waals surface area contributed by atoms with Gasteiger partial charge >= 0.3 is 0 Å². The van der Waals surface area contributed by atoms with Crippen LogP contribution in [-0.2, 0) is 0 Å². The molecule has 4 heteroatoms. The van der Waals surface area contributed by atoms with E-state index in [4.69, 9.17) is 5.73 Å². The molecule has 2 heterocycles. The van der Waals surface area contributed by atoms with Gasteiger partial charge in [0.25, 0.3) is 0 Å². The Kier molecular flexibility index (Phi) is 2.89. The van der Waals surface area contributed by atoms with Crippen molar-refractivity contribution in [3.63, 3.8) is 0 Å². The fraction of sp³-hybridized carbons (Fsp3) is 0.462. The molecule has 1 fully saturated rings. The maximum Gasteiger partial charge on any atom is 0.125 e. The maximum atomic E-state index is 6.06. The molecule has 1 aliphatic carbocycles. The summed E-state index contributed by atoms with van der Waals surface area (Å²) < 4.78 is 2.09. The van der Waals surface area contributed by atoms with E-state index in [2.05, 4.69) is 21.2 Å². The zero-order valence-electron chi connectivity index (χ0n) is 9.80. The SMILES string of the molecule is Nc1cn(C2CCCCC2)nc1-c1cccs1. The van der Waals surface area contributed by atoms with E-state index in [1.165, 1.54) is 32.1 Å². The van der Waals surface area contributed by atoms with E-state index in [9.17, 15) is 0 Å². The number of aromatic nitrogens is 2. The maximum absolute atomic E-state index is 6.06. The summed E-state index contributed by atoms with van der Waals surface area (Å²) in [5.74, 6) is 0. The van der Waals surface area contributed by atoms with Gasteiger partial charge in [0, 0.05) is 6.20 Å². The van der Waals surface area contributed by atoms with Gasteiger partial charge in [-0.2, -0.15) is 5.10 Å². The second-order valence-electron chi connectivity index (χ2n) is 4.68. The minimum absolute atomic E-state index is 0.555. The smallest absolute Gasteiger partial charge is 0.125 e. The van der Waals surface area contributed by atoms with Gasteiger partial charge in [-0.1, -0.05) is 25.3 Å². The number of rotatable bonds is 2. The fourth-order valence-corrected chi connectivity index (χ4v) is 3.27. The first-order valence-corrected chi connectivity index (χ1v) is 7.11. The highest BCUT2D eigenvalue weighted by molar-refractivity contribution is 7.13. The third kappa shape index (κ3) is 2.09. The number of hydrogen-bond donors (Lipinski definition) is 1. The predicted octanol–water partition coefficient (Wildman–Crippen LogP) is 3.70. The zero-order chi connectivity index (χ0) is 11.7. The average molecular weight is 247 g/mol. The van der Waals surface area contributed by atoms with Crippen LogP contribution in [0.15, 0.2) is 23.7 Å². The number of nitrogens with two attached hydrogens (primary N) is 1. The number of nitrogens with zero attached hydrogens (tertiary/aromatic N) is 2. The molecule has 2 aromatic heterocycles. The van der Waals surface area contributed by atoms with Crippen molar-refractivity contribution < 1.29 is 0 Å². The van der Waals surface area contributed by atoms with E-state index in [0.29, 0.717) is 6.04 Å². The van der Waals surface area contributed by atoms with Gasteiger partial charge in [0.05, 0.1) is 16.6 Å². The molecule has 0 saturated heterocycles. The van der Waals surface area contributed by atoms with E-state index < -0.39 is 0 Å². The van der Waals surface area contributed by atoms with Crippen LogP contribution in [0.1, 0.15) is 38.1 Å². The molecule has 90 valence electrons. The lowest BCUT2D eigenvalue weighted by atomic mass is 9.96. The van der Waals surface area contributed by atoms with Crippen molar-refractivity contribution in [1.29, 1.82) is 0 Å². The summed E-state index contributed by atoms with van der Waals surface area (Å²) in [6.07, 6.45) is 8.49. The van der Waals surface area contributed by atoms with Crippen molar-refractivity contribution >= 4 is 17.0 Å². The molecule has 2 N–H and O–H groups in total. The normalized spacial score (nSPS) is 17.4. The first-order chi connectivity index (χ1) is 8.34. The second-order valence-corrected chi connectivity index (χ2v) is 5.63. The summed E-state index contributed by atoms with van der Waals surface area (Å²) in [7, 11) is 0. The topological polar surface area (TPSA) is 43.8 Å². The highest BCUT2D eigenvalue weighted by atomic mass is 32.1. The van der Waals surface area contributed by atoms with E-state index in [1.54, 1.807) is 11.3 Å². The summed E-state index contributed by atoms with van der Waals surface area (Å²) in [4.78, 5) is 1.16. The Hall–Kier alpha value is -1.29. The van der Waals surface area contributed by atoms with Crippen LogP contribution in [0, 0.1) is 0 Å². The Morgan fingerprint density at radius 1 is 1.29 bits per heavy atom. The molecule has 0 atom stereocenters. The van der Waals surface area contributed by atoms with Gasteiger partial charge in [-0.15, -0.1) is 11.3 Å². The van der Waals surface area contributed by atoms with Crippen LogP contribution in [0.5, 0.6) is 0 Å². The first kappa shape index (κ1) is 10.8. The van der Waals surface area contributed by atoms with Crippen LogP contribution in [0.2, 0.25) is 0 Å². The molecule has 0 spiro atoms. The van der Waals surface area contributed by atoms with Gasteiger partial charge in [0.2, 0.25) is 0 Å². The lowest BCUT2D eigenvalue weighted by Gasteiger charge is -2.21. The Morgan fingerprint density at radius 2 is 2.12 bits per heavy atom. The van der Waals surface area contributed by atoms with Crippen LogP contribution in [-0.4, -0.2) is 9.78 Å². The van der Waals surface area contributed by atoms with Crippen molar-refractivity contribution in [2.24, 2.45) is 0 Å². The molecule has 0 unspecified atom stereocenters. The molecule has 0 radical (unpaired) electrons. The van der Waals surface area contributed by atoms with E-state index in [0.717, 1.165) is 16.3 Å². The van der Waals surface area contributed by atoms with Crippen molar-refractivity contribution in [2.45, 2.75) is 38.1 Å². The molecule has 0 amide bonds. The van der Waals surface area contributed by atoms with Gasteiger partial charge in [-0.05, 0) is 24.3 Å². The summed E-state index contributed by atoms with van der Waals surface area (Å²) in [5, 5.41) is 6.74. The van der Waals surface area contributed by atoms with Crippen LogP contribution in [0.4, 0.5) is 5.69 Å². The molecule has 0 aliphatic heterocycles. The van der Waals surface area contributed by atoms with Crippen LogP contribution in [0.25, 0.3) is 10.6 Å². The lowest BCUT2D eigenvalue weighted by Crippen LogP contribution is -2.13. The average Bonchev–Trinajstić information content (AvgIpc) is 2.99. The molecule has 0 bridgehead atoms. The van der Waals surface area contributed by atoms with Gasteiger partial charge in [0.1, 0.15) is 5.69 Å². The van der Waals surface area contributed by atoms with E-state index in [-0.39, 0.29) is 0 Å². The van der Waals surface area contributed by atoms with Crippen molar-refractivity contribution in [3.05, 3.63) is 23.7 Å². The van der Waals surface area contributed by atoms with Crippen LogP contribution in [0.3, 0.4) is 0 Å². The quantitative estimate of drug-likeness (QED) is 0.879. The van der Waals surface area contributed by atoms with Gasteiger partial charge in [-0.3, -0.25) is 4.68 Å². The first-order valence-electron chi connectivity index (χ1n) is 6.23. The molecule has 1 aliphatic rings. The molecular formula is C13H17N3S. The van der Waals surface area contributed by atoms with Gasteiger partial charge in [-0.25, -0.2) is 0 Å². The van der Waals surface area contributed by atoms with Gasteiger partial charge < -0.3 is 5.73 Å². The molecule has 3 rings (SSSR count). The molecule has 3 nitrogen and oxygen atoms in total. The molecule has 1 saturated carbocycles. The van der Waals surface area contributed by atoms with E-state index >= 15 is 0 Å². The molecular weight excluding hydrogens is 230 g/mol. The Bertz CT molecular complexity index is 481. The minimum atomic E-state index is 0.555. The third-order valence-corrected chi connectivity index (χ3v) is 4.34. The highest BCUT2D eigenvalue weighted by Crippen LogP contribution is 2.33. The fourth-order valence-electron chi connectivity index (χ4n) is 2.54. The number of nitrogen functional groups attached to an aromatic ring is 1. The highest BCUT2D eigenvalue weighted by Gasteiger charge is 2.18. The number of anilines is 1. The Morgan fingerprint density at radius 3 is 2.82 bits per heavy atom. The monoisotopic (exact) mass is 247 g/mol. The summed E-state index contributed by atoms with van der Waals surface area (Å²) in [5.41, 5.74) is 7.82. The number of hydrogen-bond acceptors (Lipinski definition) is 3. The van der Waals surface area contributed by atoms with Crippen molar-refractivity contribution in [2.75, 3.05) is 5.73 Å². The standard InChI is InChI=1S/C13H17N3S/c14-11-9-16(10-5-2-1-3-6-10)15-13(11)12-7-4-8-17-12/h4,7-10H,1-3,5-6,14H2. The Balaban J connectivity index is 1.90. The molecule has 17 heavy (non-hydrogen) atoms. The minimum Gasteiger partial charge on any atom is -0.396 e. The summed E-state index contributed by atoms with van der Waals surface area (Å²) in [6, 6.07) is 4.67. The number of thiophene rings is 1. The predicted molar refractivity (Wildman–Crippen MR) is 72.1 cm³/mol. The molecule has 0 aromatic carbocycles.